The summed E-state index contributed by atoms with van der Waals surface area (Å²) in [7, 11) is 2.15. The second-order valence-corrected chi connectivity index (χ2v) is 4.72. The Hall–Kier alpha value is -1.60. The molecule has 2 rings (SSSR count). The minimum atomic E-state index is 0.479. The molecule has 0 radical (unpaired) electrons. The average Bonchev–Trinajstić information content (AvgIpc) is 2.31. The van der Waals surface area contributed by atoms with Gasteiger partial charge >= 0.3 is 0 Å². The lowest BCUT2D eigenvalue weighted by Gasteiger charge is -2.29. The van der Waals surface area contributed by atoms with Crippen molar-refractivity contribution in [3.8, 4) is 6.07 Å². The van der Waals surface area contributed by atoms with Crippen LogP contribution in [0.2, 0.25) is 0 Å². The van der Waals surface area contributed by atoms with E-state index in [2.05, 4.69) is 28.3 Å². The average molecular weight is 230 g/mol. The van der Waals surface area contributed by atoms with Crippen molar-refractivity contribution in [1.29, 1.82) is 5.26 Å². The van der Waals surface area contributed by atoms with E-state index in [-0.39, 0.29) is 0 Å². The van der Waals surface area contributed by atoms with Gasteiger partial charge in [0.05, 0.1) is 11.6 Å². The molecule has 4 nitrogen and oxygen atoms in total. The van der Waals surface area contributed by atoms with Gasteiger partial charge in [-0.3, -0.25) is 0 Å². The number of piperidine rings is 1. The zero-order valence-corrected chi connectivity index (χ0v) is 10.4. The van der Waals surface area contributed by atoms with Gasteiger partial charge in [-0.15, -0.1) is 0 Å². The highest BCUT2D eigenvalue weighted by Gasteiger charge is 2.16. The van der Waals surface area contributed by atoms with E-state index in [4.69, 9.17) is 5.26 Å². The van der Waals surface area contributed by atoms with Crippen LogP contribution in [0.25, 0.3) is 0 Å². The molecule has 90 valence electrons. The molecule has 1 N–H and O–H groups in total. The van der Waals surface area contributed by atoms with Gasteiger partial charge in [-0.05, 0) is 52.0 Å². The minimum absolute atomic E-state index is 0.479. The largest absolute Gasteiger partial charge is 0.367 e. The van der Waals surface area contributed by atoms with Gasteiger partial charge in [-0.1, -0.05) is 0 Å². The number of nitrogens with one attached hydrogen (secondary N) is 1. The topological polar surface area (TPSA) is 52.0 Å². The number of aromatic nitrogens is 1. The molecule has 1 saturated heterocycles. The van der Waals surface area contributed by atoms with Gasteiger partial charge in [0.2, 0.25) is 0 Å². The van der Waals surface area contributed by atoms with Crippen LogP contribution in [-0.2, 0) is 0 Å². The van der Waals surface area contributed by atoms with Crippen LogP contribution in [0.3, 0.4) is 0 Å². The molecule has 1 aromatic heterocycles. The normalized spacial score (nSPS) is 17.7. The lowest BCUT2D eigenvalue weighted by atomic mass is 10.1. The Morgan fingerprint density at radius 2 is 2.12 bits per heavy atom. The van der Waals surface area contributed by atoms with Crippen molar-refractivity contribution in [2.24, 2.45) is 0 Å². The van der Waals surface area contributed by atoms with Crippen LogP contribution in [0.15, 0.2) is 12.1 Å². The first-order valence-corrected chi connectivity index (χ1v) is 6.01. The van der Waals surface area contributed by atoms with Crippen molar-refractivity contribution in [3.05, 3.63) is 23.4 Å². The second kappa shape index (κ2) is 5.15. The summed E-state index contributed by atoms with van der Waals surface area (Å²) in [5.41, 5.74) is 1.56. The van der Waals surface area contributed by atoms with Crippen molar-refractivity contribution in [3.63, 3.8) is 0 Å². The zero-order valence-electron chi connectivity index (χ0n) is 10.4. The van der Waals surface area contributed by atoms with Crippen molar-refractivity contribution < 1.29 is 0 Å². The van der Waals surface area contributed by atoms with Crippen molar-refractivity contribution in [1.82, 2.24) is 9.88 Å². The SMILES string of the molecule is Cc1cc(C#N)cc(NC2CCN(C)CC2)n1. The summed E-state index contributed by atoms with van der Waals surface area (Å²) in [5, 5.41) is 12.3. The van der Waals surface area contributed by atoms with Gasteiger partial charge in [0.25, 0.3) is 0 Å². The van der Waals surface area contributed by atoms with Gasteiger partial charge in [-0.2, -0.15) is 5.26 Å². The van der Waals surface area contributed by atoms with Crippen LogP contribution in [0.1, 0.15) is 24.1 Å². The smallest absolute Gasteiger partial charge is 0.127 e. The molecule has 0 aliphatic carbocycles. The molecule has 1 fully saturated rings. The second-order valence-electron chi connectivity index (χ2n) is 4.72. The molecule has 1 aliphatic heterocycles. The van der Waals surface area contributed by atoms with Crippen LogP contribution in [0.5, 0.6) is 0 Å². The van der Waals surface area contributed by atoms with Gasteiger partial charge in [0, 0.05) is 11.7 Å². The Kier molecular flexibility index (Phi) is 3.60. The number of anilines is 1. The van der Waals surface area contributed by atoms with Crippen molar-refractivity contribution >= 4 is 5.82 Å². The number of pyridine rings is 1. The molecule has 2 heterocycles. The first kappa shape index (κ1) is 11.9. The number of nitrogens with zero attached hydrogens (tertiary/aromatic N) is 3. The standard InChI is InChI=1S/C13H18N4/c1-10-7-11(9-14)8-13(15-10)16-12-3-5-17(2)6-4-12/h7-8,12H,3-6H2,1-2H3,(H,15,16). The third kappa shape index (κ3) is 3.18. The van der Waals surface area contributed by atoms with E-state index >= 15 is 0 Å². The molecule has 17 heavy (non-hydrogen) atoms. The molecule has 0 unspecified atom stereocenters. The Bertz CT molecular complexity index is 428. The van der Waals surface area contributed by atoms with E-state index in [0.717, 1.165) is 37.4 Å². The third-order valence-corrected chi connectivity index (χ3v) is 3.15. The molecule has 0 bridgehead atoms. The van der Waals surface area contributed by atoms with Crippen LogP contribution in [0, 0.1) is 18.3 Å². The summed E-state index contributed by atoms with van der Waals surface area (Å²) in [4.78, 5) is 6.75. The van der Waals surface area contributed by atoms with Gasteiger partial charge < -0.3 is 10.2 Å². The maximum Gasteiger partial charge on any atom is 0.127 e. The number of likely N-dealkylation sites (tertiary alicyclic amines) is 1. The lowest BCUT2D eigenvalue weighted by molar-refractivity contribution is 0.263. The molecule has 0 aromatic carbocycles. The molecule has 1 aromatic rings. The molecular weight excluding hydrogens is 212 g/mol. The Morgan fingerprint density at radius 1 is 1.41 bits per heavy atom. The molecule has 0 atom stereocenters. The fourth-order valence-electron chi connectivity index (χ4n) is 2.17. The maximum atomic E-state index is 8.91. The number of nitriles is 1. The fourth-order valence-corrected chi connectivity index (χ4v) is 2.17. The molecule has 0 saturated carbocycles. The van der Waals surface area contributed by atoms with E-state index in [1.807, 2.05) is 13.0 Å². The Morgan fingerprint density at radius 3 is 2.76 bits per heavy atom. The van der Waals surface area contributed by atoms with Crippen molar-refractivity contribution in [2.45, 2.75) is 25.8 Å². The van der Waals surface area contributed by atoms with E-state index in [1.165, 1.54) is 0 Å². The monoisotopic (exact) mass is 230 g/mol. The van der Waals surface area contributed by atoms with E-state index < -0.39 is 0 Å². The van der Waals surface area contributed by atoms with E-state index in [9.17, 15) is 0 Å². The molecule has 1 aliphatic rings. The van der Waals surface area contributed by atoms with Crippen LogP contribution in [-0.4, -0.2) is 36.1 Å². The number of hydrogen-bond acceptors (Lipinski definition) is 4. The van der Waals surface area contributed by atoms with Gasteiger partial charge in [0.15, 0.2) is 0 Å². The van der Waals surface area contributed by atoms with Gasteiger partial charge in [0.1, 0.15) is 5.82 Å². The number of rotatable bonds is 2. The van der Waals surface area contributed by atoms with Gasteiger partial charge in [-0.25, -0.2) is 4.98 Å². The highest BCUT2D eigenvalue weighted by Crippen LogP contribution is 2.16. The van der Waals surface area contributed by atoms with E-state index in [1.54, 1.807) is 6.07 Å². The first-order chi connectivity index (χ1) is 8.17. The zero-order chi connectivity index (χ0) is 12.3. The molecule has 4 heteroatoms. The third-order valence-electron chi connectivity index (χ3n) is 3.15. The Balaban J connectivity index is 2.03. The number of hydrogen-bond donors (Lipinski definition) is 1. The molecular formula is C13H18N4. The lowest BCUT2D eigenvalue weighted by Crippen LogP contribution is -2.36. The van der Waals surface area contributed by atoms with E-state index in [0.29, 0.717) is 11.6 Å². The maximum absolute atomic E-state index is 8.91. The fraction of sp³-hybridized carbons (Fsp3) is 0.538. The summed E-state index contributed by atoms with van der Waals surface area (Å²) < 4.78 is 0. The summed E-state index contributed by atoms with van der Waals surface area (Å²) in [5.74, 6) is 0.830. The quantitative estimate of drug-likeness (QED) is 0.841. The molecule has 0 amide bonds. The Labute approximate surface area is 102 Å². The predicted molar refractivity (Wildman–Crippen MR) is 67.8 cm³/mol. The number of aryl methyl sites for hydroxylation is 1. The minimum Gasteiger partial charge on any atom is -0.367 e. The van der Waals surface area contributed by atoms with Crippen LogP contribution >= 0.6 is 0 Å². The molecule has 0 spiro atoms. The van der Waals surface area contributed by atoms with Crippen LogP contribution < -0.4 is 5.32 Å². The summed E-state index contributed by atoms with van der Waals surface area (Å²) in [6, 6.07) is 6.27. The van der Waals surface area contributed by atoms with Crippen LogP contribution in [0.4, 0.5) is 5.82 Å². The van der Waals surface area contributed by atoms with Crippen molar-refractivity contribution in [2.75, 3.05) is 25.5 Å². The predicted octanol–water partition coefficient (Wildman–Crippen LogP) is 1.77. The summed E-state index contributed by atoms with van der Waals surface area (Å²) in [6.07, 6.45) is 2.27. The summed E-state index contributed by atoms with van der Waals surface area (Å²) >= 11 is 0. The summed E-state index contributed by atoms with van der Waals surface area (Å²) in [6.45, 7) is 4.16. The highest BCUT2D eigenvalue weighted by atomic mass is 15.1. The first-order valence-electron chi connectivity index (χ1n) is 6.01. The highest BCUT2D eigenvalue weighted by molar-refractivity contribution is 5.45.